The summed E-state index contributed by atoms with van der Waals surface area (Å²) in [6, 6.07) is 7.50. The van der Waals surface area contributed by atoms with E-state index in [4.69, 9.17) is 16.8 Å². The molecular weight excluding hydrogens is 198 g/mol. The van der Waals surface area contributed by atoms with Crippen molar-refractivity contribution in [1.82, 2.24) is 0 Å². The Hall–Kier alpha value is -1.28. The first-order valence-corrected chi connectivity index (χ1v) is 4.64. The van der Waals surface area contributed by atoms with Crippen LogP contribution in [0.25, 0.3) is 6.08 Å². The summed E-state index contributed by atoms with van der Waals surface area (Å²) in [5, 5.41) is 12.4. The number of benzene rings is 1. The van der Waals surface area contributed by atoms with E-state index in [-0.39, 0.29) is 0 Å². The molecule has 0 aliphatic rings. The lowest BCUT2D eigenvalue weighted by Gasteiger charge is -1.99. The minimum absolute atomic E-state index is 0.602. The molecule has 74 valence electrons. The Morgan fingerprint density at radius 1 is 1.43 bits per heavy atom. The highest BCUT2D eigenvalue weighted by molar-refractivity contribution is 6.30. The largest absolute Gasteiger partial charge is 0.411 e. The van der Waals surface area contributed by atoms with Crippen molar-refractivity contribution in [2.24, 2.45) is 5.16 Å². The van der Waals surface area contributed by atoms with Gasteiger partial charge in [0, 0.05) is 5.02 Å². The zero-order valence-electron chi connectivity index (χ0n) is 8.16. The molecule has 0 fully saturated rings. The summed E-state index contributed by atoms with van der Waals surface area (Å²) in [6.07, 6.45) is 1.92. The molecule has 0 saturated carbocycles. The number of rotatable bonds is 2. The van der Waals surface area contributed by atoms with Gasteiger partial charge >= 0.3 is 0 Å². The quantitative estimate of drug-likeness (QED) is 0.451. The molecule has 0 spiro atoms. The lowest BCUT2D eigenvalue weighted by molar-refractivity contribution is 0.319. The highest BCUT2D eigenvalue weighted by Crippen LogP contribution is 2.14. The number of allylic oxidation sites excluding steroid dienone is 1. The number of halogens is 1. The molecule has 0 bridgehead atoms. The van der Waals surface area contributed by atoms with E-state index in [9.17, 15) is 0 Å². The molecule has 0 aromatic heterocycles. The molecule has 14 heavy (non-hydrogen) atoms. The SMILES string of the molecule is CC(=Cc1cccc(Cl)c1)C(C)=NO. The molecule has 1 aromatic carbocycles. The molecule has 0 radical (unpaired) electrons. The maximum Gasteiger partial charge on any atom is 0.0794 e. The molecule has 1 N–H and O–H groups in total. The van der Waals surface area contributed by atoms with Crippen molar-refractivity contribution in [3.63, 3.8) is 0 Å². The average molecular weight is 210 g/mol. The van der Waals surface area contributed by atoms with E-state index in [1.54, 1.807) is 6.92 Å². The Morgan fingerprint density at radius 2 is 2.14 bits per heavy atom. The van der Waals surface area contributed by atoms with Gasteiger partial charge in [0.1, 0.15) is 0 Å². The molecular formula is C11H12ClNO. The van der Waals surface area contributed by atoms with E-state index in [1.165, 1.54) is 0 Å². The Kier molecular flexibility index (Phi) is 3.72. The Balaban J connectivity index is 2.97. The molecule has 0 heterocycles. The molecule has 0 aliphatic carbocycles. The van der Waals surface area contributed by atoms with Gasteiger partial charge in [-0.1, -0.05) is 35.0 Å². The molecule has 1 rings (SSSR count). The van der Waals surface area contributed by atoms with Crippen LogP contribution in [0.5, 0.6) is 0 Å². The van der Waals surface area contributed by atoms with E-state index in [0.29, 0.717) is 10.7 Å². The van der Waals surface area contributed by atoms with Crippen LogP contribution in [0.2, 0.25) is 5.02 Å². The fourth-order valence-corrected chi connectivity index (χ4v) is 1.23. The summed E-state index contributed by atoms with van der Waals surface area (Å²) < 4.78 is 0. The normalized spacial score (nSPS) is 13.1. The zero-order chi connectivity index (χ0) is 10.6. The van der Waals surface area contributed by atoms with Gasteiger partial charge in [-0.15, -0.1) is 0 Å². The predicted octanol–water partition coefficient (Wildman–Crippen LogP) is 3.59. The van der Waals surface area contributed by atoms with Crippen LogP contribution < -0.4 is 0 Å². The first-order valence-electron chi connectivity index (χ1n) is 4.26. The second kappa shape index (κ2) is 4.82. The standard InChI is InChI=1S/C11H12ClNO/c1-8(9(2)13-14)6-10-4-3-5-11(12)7-10/h3-7,14H,1-2H3. The second-order valence-electron chi connectivity index (χ2n) is 3.07. The fourth-order valence-electron chi connectivity index (χ4n) is 1.03. The lowest BCUT2D eigenvalue weighted by Crippen LogP contribution is -1.92. The Morgan fingerprint density at radius 3 is 2.71 bits per heavy atom. The van der Waals surface area contributed by atoms with Crippen molar-refractivity contribution in [3.8, 4) is 0 Å². The van der Waals surface area contributed by atoms with Crippen LogP contribution in [0.4, 0.5) is 0 Å². The van der Waals surface area contributed by atoms with Gasteiger partial charge in [0.2, 0.25) is 0 Å². The minimum Gasteiger partial charge on any atom is -0.411 e. The van der Waals surface area contributed by atoms with Crippen LogP contribution in [0.3, 0.4) is 0 Å². The fraction of sp³-hybridized carbons (Fsp3) is 0.182. The van der Waals surface area contributed by atoms with Crippen LogP contribution in [0, 0.1) is 0 Å². The Labute approximate surface area is 88.5 Å². The van der Waals surface area contributed by atoms with Gasteiger partial charge in [-0.2, -0.15) is 0 Å². The molecule has 1 aromatic rings. The number of oxime groups is 1. The summed E-state index contributed by atoms with van der Waals surface area (Å²) in [4.78, 5) is 0. The molecule has 2 nitrogen and oxygen atoms in total. The van der Waals surface area contributed by atoms with Crippen LogP contribution in [0.1, 0.15) is 19.4 Å². The van der Waals surface area contributed by atoms with Crippen molar-refractivity contribution in [1.29, 1.82) is 0 Å². The van der Waals surface area contributed by atoms with Crippen molar-refractivity contribution in [2.75, 3.05) is 0 Å². The maximum absolute atomic E-state index is 8.56. The third-order valence-corrected chi connectivity index (χ3v) is 2.19. The van der Waals surface area contributed by atoms with E-state index >= 15 is 0 Å². The van der Waals surface area contributed by atoms with Gasteiger partial charge in [-0.05, 0) is 37.1 Å². The zero-order valence-corrected chi connectivity index (χ0v) is 8.92. The van der Waals surface area contributed by atoms with Crippen molar-refractivity contribution in [2.45, 2.75) is 13.8 Å². The molecule has 0 aliphatic heterocycles. The molecule has 0 atom stereocenters. The number of hydrogen-bond acceptors (Lipinski definition) is 2. The topological polar surface area (TPSA) is 32.6 Å². The molecule has 0 unspecified atom stereocenters. The van der Waals surface area contributed by atoms with Gasteiger partial charge in [0.15, 0.2) is 0 Å². The average Bonchev–Trinajstić information content (AvgIpc) is 2.16. The van der Waals surface area contributed by atoms with Crippen molar-refractivity contribution >= 4 is 23.4 Å². The monoisotopic (exact) mass is 209 g/mol. The lowest BCUT2D eigenvalue weighted by atomic mass is 10.1. The van der Waals surface area contributed by atoms with Gasteiger partial charge < -0.3 is 5.21 Å². The first kappa shape index (κ1) is 10.8. The highest BCUT2D eigenvalue weighted by atomic mass is 35.5. The van der Waals surface area contributed by atoms with Gasteiger partial charge in [0.25, 0.3) is 0 Å². The van der Waals surface area contributed by atoms with E-state index in [2.05, 4.69) is 5.16 Å². The van der Waals surface area contributed by atoms with E-state index < -0.39 is 0 Å². The van der Waals surface area contributed by atoms with Crippen LogP contribution in [0.15, 0.2) is 35.0 Å². The minimum atomic E-state index is 0.602. The number of hydrogen-bond donors (Lipinski definition) is 1. The number of nitrogens with zero attached hydrogens (tertiary/aromatic N) is 1. The summed E-state index contributed by atoms with van der Waals surface area (Å²) in [5.41, 5.74) is 2.51. The smallest absolute Gasteiger partial charge is 0.0794 e. The van der Waals surface area contributed by atoms with Crippen LogP contribution in [-0.4, -0.2) is 10.9 Å². The van der Waals surface area contributed by atoms with Crippen molar-refractivity contribution in [3.05, 3.63) is 40.4 Å². The molecule has 0 amide bonds. The highest BCUT2D eigenvalue weighted by Gasteiger charge is 1.96. The summed E-state index contributed by atoms with van der Waals surface area (Å²) in [7, 11) is 0. The maximum atomic E-state index is 8.56. The second-order valence-corrected chi connectivity index (χ2v) is 3.50. The van der Waals surface area contributed by atoms with Gasteiger partial charge in [-0.25, -0.2) is 0 Å². The van der Waals surface area contributed by atoms with Gasteiger partial charge in [-0.3, -0.25) is 0 Å². The molecule has 0 saturated heterocycles. The Bertz CT molecular complexity index is 383. The van der Waals surface area contributed by atoms with E-state index in [1.807, 2.05) is 37.3 Å². The first-order chi connectivity index (χ1) is 6.63. The van der Waals surface area contributed by atoms with Crippen LogP contribution >= 0.6 is 11.6 Å². The van der Waals surface area contributed by atoms with E-state index in [0.717, 1.165) is 11.1 Å². The third kappa shape index (κ3) is 2.89. The van der Waals surface area contributed by atoms with Crippen molar-refractivity contribution < 1.29 is 5.21 Å². The predicted molar refractivity (Wildman–Crippen MR) is 60.0 cm³/mol. The third-order valence-electron chi connectivity index (χ3n) is 1.95. The summed E-state index contributed by atoms with van der Waals surface area (Å²) in [6.45, 7) is 3.63. The van der Waals surface area contributed by atoms with Gasteiger partial charge in [0.05, 0.1) is 5.71 Å². The van der Waals surface area contributed by atoms with Crippen LogP contribution in [-0.2, 0) is 0 Å². The summed E-state index contributed by atoms with van der Waals surface area (Å²) >= 11 is 5.83. The summed E-state index contributed by atoms with van der Waals surface area (Å²) in [5.74, 6) is 0. The molecule has 3 heteroatoms.